The van der Waals surface area contributed by atoms with Crippen LogP contribution in [0.15, 0.2) is 45.3 Å². The van der Waals surface area contributed by atoms with Crippen molar-refractivity contribution in [1.29, 1.82) is 0 Å². The number of nitrogens with zero attached hydrogens (tertiary/aromatic N) is 3. The summed E-state index contributed by atoms with van der Waals surface area (Å²) in [5, 5.41) is 0.282. The Balaban J connectivity index is 1.84. The van der Waals surface area contributed by atoms with Crippen molar-refractivity contribution in [2.45, 2.75) is 37.9 Å². The fourth-order valence-corrected chi connectivity index (χ4v) is 4.48. The molecule has 1 aromatic heterocycles. The summed E-state index contributed by atoms with van der Waals surface area (Å²) in [6.07, 6.45) is 0.484. The van der Waals surface area contributed by atoms with Crippen molar-refractivity contribution >= 4 is 35.0 Å². The first-order valence-electron chi connectivity index (χ1n) is 10.1. The normalized spacial score (nSPS) is 19.3. The number of carbonyl (C=O) groups is 2. The quantitative estimate of drug-likeness (QED) is 0.399. The number of aliphatic imine (C=N–C) groups is 1. The van der Waals surface area contributed by atoms with Gasteiger partial charge in [-0.25, -0.2) is 9.98 Å². The third-order valence-corrected chi connectivity index (χ3v) is 6.05. The lowest BCUT2D eigenvalue weighted by molar-refractivity contribution is -0.139. The van der Waals surface area contributed by atoms with Gasteiger partial charge in [-0.3, -0.25) is 19.0 Å². The van der Waals surface area contributed by atoms with E-state index < -0.39 is 23.0 Å². The summed E-state index contributed by atoms with van der Waals surface area (Å²) in [7, 11) is 0. The molecule has 1 unspecified atom stereocenters. The molecule has 0 spiro atoms. The Hall–Kier alpha value is -2.78. The molecule has 0 bridgehead atoms. The maximum absolute atomic E-state index is 13.5. The molecule has 2 aromatic rings. The molecule has 0 radical (unpaired) electrons. The van der Waals surface area contributed by atoms with Crippen LogP contribution in [0, 0.1) is 5.92 Å². The zero-order valence-electron chi connectivity index (χ0n) is 17.6. The van der Waals surface area contributed by atoms with Crippen LogP contribution in [-0.2, 0) is 14.3 Å². The molecule has 2 aliphatic heterocycles. The molecule has 0 amide bonds. The van der Waals surface area contributed by atoms with E-state index in [1.54, 1.807) is 31.2 Å². The van der Waals surface area contributed by atoms with E-state index in [0.717, 1.165) is 11.8 Å². The number of thioether (sulfide) groups is 1. The number of fused-ring (bicyclic) bond motifs is 2. The van der Waals surface area contributed by atoms with Gasteiger partial charge in [-0.1, -0.05) is 30.0 Å². The average molecular weight is 442 g/mol. The third kappa shape index (κ3) is 4.20. The van der Waals surface area contributed by atoms with E-state index in [4.69, 9.17) is 9.47 Å². The number of esters is 1. The number of ether oxygens (including phenoxy) is 2. The Morgan fingerprint density at radius 1 is 1.29 bits per heavy atom. The molecular weight excluding hydrogens is 418 g/mol. The second-order valence-corrected chi connectivity index (χ2v) is 8.87. The van der Waals surface area contributed by atoms with Gasteiger partial charge in [0.2, 0.25) is 0 Å². The highest BCUT2D eigenvalue weighted by Gasteiger charge is 2.42. The Bertz CT molecular complexity index is 1120. The van der Waals surface area contributed by atoms with Crippen molar-refractivity contribution in [3.63, 3.8) is 0 Å². The van der Waals surface area contributed by atoms with Gasteiger partial charge in [0.25, 0.3) is 5.56 Å². The molecule has 1 atom stereocenters. The summed E-state index contributed by atoms with van der Waals surface area (Å²) in [6, 6.07) is 8.90. The second-order valence-electron chi connectivity index (χ2n) is 7.93. The number of carbonyl (C=O) groups excluding carboxylic acids is 2. The zero-order chi connectivity index (χ0) is 22.2. The maximum Gasteiger partial charge on any atom is 0.316 e. The number of benzene rings is 1. The SMILES string of the molecule is CCOC(=O)CSc1nc2c(c(=O)n1-c1ccccc1)C(=O)C1COC(C)(C)CC1=N2. The molecule has 1 saturated heterocycles. The van der Waals surface area contributed by atoms with Gasteiger partial charge in [0.15, 0.2) is 16.8 Å². The summed E-state index contributed by atoms with van der Waals surface area (Å²) >= 11 is 1.08. The highest BCUT2D eigenvalue weighted by atomic mass is 32.2. The molecule has 0 saturated carbocycles. The Morgan fingerprint density at radius 2 is 2.03 bits per heavy atom. The summed E-state index contributed by atoms with van der Waals surface area (Å²) in [5.41, 5.74) is 0.256. The van der Waals surface area contributed by atoms with E-state index in [2.05, 4.69) is 9.98 Å². The van der Waals surface area contributed by atoms with Crippen molar-refractivity contribution in [3.05, 3.63) is 46.2 Å². The van der Waals surface area contributed by atoms with Crippen LogP contribution >= 0.6 is 11.8 Å². The lowest BCUT2D eigenvalue weighted by Crippen LogP contribution is -2.46. The lowest BCUT2D eigenvalue weighted by atomic mass is 9.83. The van der Waals surface area contributed by atoms with E-state index in [1.807, 2.05) is 19.9 Å². The summed E-state index contributed by atoms with van der Waals surface area (Å²) in [6.45, 7) is 6.06. The molecule has 1 fully saturated rings. The topological polar surface area (TPSA) is 99.8 Å². The Labute approximate surface area is 183 Å². The van der Waals surface area contributed by atoms with Crippen molar-refractivity contribution in [2.75, 3.05) is 19.0 Å². The Morgan fingerprint density at radius 3 is 2.74 bits per heavy atom. The molecule has 4 rings (SSSR count). The minimum atomic E-state index is -0.572. The number of hydrogen-bond donors (Lipinski definition) is 0. The minimum Gasteiger partial charge on any atom is -0.465 e. The number of para-hydroxylation sites is 1. The van der Waals surface area contributed by atoms with Crippen LogP contribution in [-0.4, -0.2) is 51.6 Å². The fourth-order valence-electron chi connectivity index (χ4n) is 3.69. The van der Waals surface area contributed by atoms with Crippen LogP contribution in [0.4, 0.5) is 5.82 Å². The predicted octanol–water partition coefficient (Wildman–Crippen LogP) is 2.97. The summed E-state index contributed by atoms with van der Waals surface area (Å²) in [4.78, 5) is 47.7. The summed E-state index contributed by atoms with van der Waals surface area (Å²) in [5.74, 6) is -1.21. The molecule has 9 heteroatoms. The highest BCUT2D eigenvalue weighted by molar-refractivity contribution is 7.99. The van der Waals surface area contributed by atoms with Crippen LogP contribution in [0.25, 0.3) is 5.69 Å². The maximum atomic E-state index is 13.5. The number of Topliss-reactive ketones (excluding diaryl/α,β-unsaturated/α-hetero) is 1. The molecule has 8 nitrogen and oxygen atoms in total. The van der Waals surface area contributed by atoms with Crippen LogP contribution < -0.4 is 5.56 Å². The van der Waals surface area contributed by atoms with E-state index >= 15 is 0 Å². The Kier molecular flexibility index (Phi) is 5.81. The number of ketones is 1. The van der Waals surface area contributed by atoms with Gasteiger partial charge in [-0.05, 0) is 32.9 Å². The third-order valence-electron chi connectivity index (χ3n) is 5.13. The van der Waals surface area contributed by atoms with Gasteiger partial charge in [-0.15, -0.1) is 0 Å². The standard InChI is InChI=1S/C22H23N3O5S/c1-4-29-16(26)12-31-21-24-19-17(20(28)25(21)13-8-6-5-7-9-13)18(27)14-11-30-22(2,3)10-15(14)23-19/h5-9,14H,4,10-12H2,1-3H3. The highest BCUT2D eigenvalue weighted by Crippen LogP contribution is 2.35. The smallest absolute Gasteiger partial charge is 0.316 e. The molecule has 0 N–H and O–H groups in total. The second kappa shape index (κ2) is 8.39. The van der Waals surface area contributed by atoms with Gasteiger partial charge in [-0.2, -0.15) is 0 Å². The summed E-state index contributed by atoms with van der Waals surface area (Å²) < 4.78 is 12.1. The predicted molar refractivity (Wildman–Crippen MR) is 117 cm³/mol. The largest absolute Gasteiger partial charge is 0.465 e. The van der Waals surface area contributed by atoms with Gasteiger partial charge >= 0.3 is 5.97 Å². The van der Waals surface area contributed by atoms with Crippen molar-refractivity contribution < 1.29 is 19.1 Å². The molecule has 3 heterocycles. The molecule has 2 aliphatic rings. The molecule has 1 aromatic carbocycles. The zero-order valence-corrected chi connectivity index (χ0v) is 18.4. The van der Waals surface area contributed by atoms with E-state index in [-0.39, 0.29) is 41.3 Å². The number of aromatic nitrogens is 2. The van der Waals surface area contributed by atoms with Crippen LogP contribution in [0.5, 0.6) is 0 Å². The van der Waals surface area contributed by atoms with Crippen LogP contribution in [0.3, 0.4) is 0 Å². The molecule has 162 valence electrons. The van der Waals surface area contributed by atoms with Crippen LogP contribution in [0.2, 0.25) is 0 Å². The fraction of sp³-hybridized carbons (Fsp3) is 0.409. The lowest BCUT2D eigenvalue weighted by Gasteiger charge is -2.36. The van der Waals surface area contributed by atoms with E-state index in [0.29, 0.717) is 17.8 Å². The first-order chi connectivity index (χ1) is 14.8. The van der Waals surface area contributed by atoms with Crippen molar-refractivity contribution in [3.8, 4) is 5.69 Å². The number of rotatable bonds is 5. The van der Waals surface area contributed by atoms with E-state index in [9.17, 15) is 14.4 Å². The molecule has 31 heavy (non-hydrogen) atoms. The van der Waals surface area contributed by atoms with Gasteiger partial charge < -0.3 is 9.47 Å². The van der Waals surface area contributed by atoms with Crippen LogP contribution in [0.1, 0.15) is 37.6 Å². The first kappa shape index (κ1) is 21.5. The molecular formula is C22H23N3O5S. The van der Waals surface area contributed by atoms with Gasteiger partial charge in [0, 0.05) is 12.1 Å². The number of hydrogen-bond acceptors (Lipinski definition) is 8. The molecule has 0 aliphatic carbocycles. The average Bonchev–Trinajstić information content (AvgIpc) is 2.72. The first-order valence-corrected chi connectivity index (χ1v) is 11.1. The van der Waals surface area contributed by atoms with Gasteiger partial charge in [0.1, 0.15) is 5.56 Å². The minimum absolute atomic E-state index is 0.0140. The van der Waals surface area contributed by atoms with Gasteiger partial charge in [0.05, 0.1) is 36.2 Å². The van der Waals surface area contributed by atoms with Crippen molar-refractivity contribution in [2.24, 2.45) is 10.9 Å². The monoisotopic (exact) mass is 441 g/mol. The van der Waals surface area contributed by atoms with E-state index in [1.165, 1.54) is 4.57 Å². The van der Waals surface area contributed by atoms with Crippen molar-refractivity contribution in [1.82, 2.24) is 9.55 Å².